The summed E-state index contributed by atoms with van der Waals surface area (Å²) in [4.78, 5) is 29.3. The van der Waals surface area contributed by atoms with E-state index in [1.54, 1.807) is 18.3 Å². The number of nitrogens with one attached hydrogen (secondary N) is 1. The SMILES string of the molecule is CC(=O)NC1CCN(C(=O)c2ccnc(CN)c2)CC1. The topological polar surface area (TPSA) is 88.3 Å². The number of carbonyl (C=O) groups excluding carboxylic acids is 2. The van der Waals surface area contributed by atoms with Crippen molar-refractivity contribution < 1.29 is 9.59 Å². The van der Waals surface area contributed by atoms with Gasteiger partial charge < -0.3 is 16.0 Å². The van der Waals surface area contributed by atoms with E-state index in [2.05, 4.69) is 10.3 Å². The molecule has 6 nitrogen and oxygen atoms in total. The average molecular weight is 276 g/mol. The van der Waals surface area contributed by atoms with Gasteiger partial charge in [0.25, 0.3) is 5.91 Å². The summed E-state index contributed by atoms with van der Waals surface area (Å²) in [6.45, 7) is 3.16. The van der Waals surface area contributed by atoms with E-state index in [0.29, 0.717) is 30.9 Å². The van der Waals surface area contributed by atoms with Crippen LogP contribution in [0.1, 0.15) is 35.8 Å². The number of piperidine rings is 1. The summed E-state index contributed by atoms with van der Waals surface area (Å²) in [5.41, 5.74) is 6.87. The molecule has 0 aliphatic carbocycles. The van der Waals surface area contributed by atoms with Crippen LogP contribution in [0.4, 0.5) is 0 Å². The van der Waals surface area contributed by atoms with Crippen LogP contribution in [0.5, 0.6) is 0 Å². The monoisotopic (exact) mass is 276 g/mol. The lowest BCUT2D eigenvalue weighted by Gasteiger charge is -2.32. The molecule has 0 unspecified atom stereocenters. The molecule has 2 rings (SSSR count). The number of likely N-dealkylation sites (tertiary alicyclic amines) is 1. The van der Waals surface area contributed by atoms with Crippen LogP contribution < -0.4 is 11.1 Å². The number of hydrogen-bond donors (Lipinski definition) is 2. The van der Waals surface area contributed by atoms with Crippen molar-refractivity contribution in [3.63, 3.8) is 0 Å². The van der Waals surface area contributed by atoms with Crippen molar-refractivity contribution in [2.75, 3.05) is 13.1 Å². The second-order valence-corrected chi connectivity index (χ2v) is 5.01. The molecule has 1 aromatic heterocycles. The van der Waals surface area contributed by atoms with Crippen LogP contribution >= 0.6 is 0 Å². The Balaban J connectivity index is 1.96. The van der Waals surface area contributed by atoms with E-state index in [1.165, 1.54) is 6.92 Å². The van der Waals surface area contributed by atoms with Crippen molar-refractivity contribution >= 4 is 11.8 Å². The Kier molecular flexibility index (Phi) is 4.68. The van der Waals surface area contributed by atoms with Crippen molar-refractivity contribution in [2.24, 2.45) is 5.73 Å². The van der Waals surface area contributed by atoms with Gasteiger partial charge in [0.05, 0.1) is 5.69 Å². The molecule has 108 valence electrons. The predicted molar refractivity (Wildman–Crippen MR) is 74.9 cm³/mol. The number of rotatable bonds is 3. The van der Waals surface area contributed by atoms with E-state index < -0.39 is 0 Å². The molecule has 0 radical (unpaired) electrons. The van der Waals surface area contributed by atoms with E-state index in [0.717, 1.165) is 12.8 Å². The molecule has 1 fully saturated rings. The quantitative estimate of drug-likeness (QED) is 0.830. The minimum absolute atomic E-state index is 0.00313. The number of pyridine rings is 1. The van der Waals surface area contributed by atoms with Crippen LogP contribution in [0.15, 0.2) is 18.3 Å². The molecule has 2 heterocycles. The zero-order chi connectivity index (χ0) is 14.5. The Hall–Kier alpha value is -1.95. The van der Waals surface area contributed by atoms with Gasteiger partial charge in [-0.15, -0.1) is 0 Å². The minimum atomic E-state index is -0.0171. The van der Waals surface area contributed by atoms with Crippen molar-refractivity contribution in [2.45, 2.75) is 32.4 Å². The maximum Gasteiger partial charge on any atom is 0.253 e. The Morgan fingerprint density at radius 2 is 2.15 bits per heavy atom. The van der Waals surface area contributed by atoms with Crippen LogP contribution in [0.25, 0.3) is 0 Å². The zero-order valence-electron chi connectivity index (χ0n) is 11.6. The van der Waals surface area contributed by atoms with Crippen LogP contribution in [0, 0.1) is 0 Å². The molecule has 0 spiro atoms. The number of hydrogen-bond acceptors (Lipinski definition) is 4. The minimum Gasteiger partial charge on any atom is -0.353 e. The molecular formula is C14H20N4O2. The highest BCUT2D eigenvalue weighted by atomic mass is 16.2. The fraction of sp³-hybridized carbons (Fsp3) is 0.500. The molecule has 1 aliphatic heterocycles. The lowest BCUT2D eigenvalue weighted by atomic mass is 10.0. The first-order valence-electron chi connectivity index (χ1n) is 6.81. The largest absolute Gasteiger partial charge is 0.353 e. The maximum absolute atomic E-state index is 12.4. The Labute approximate surface area is 118 Å². The van der Waals surface area contributed by atoms with Crippen LogP contribution in [-0.4, -0.2) is 40.8 Å². The second kappa shape index (κ2) is 6.47. The Morgan fingerprint density at radius 1 is 1.45 bits per heavy atom. The van der Waals surface area contributed by atoms with Gasteiger partial charge in [-0.25, -0.2) is 0 Å². The number of amides is 2. The molecule has 3 N–H and O–H groups in total. The van der Waals surface area contributed by atoms with E-state index in [9.17, 15) is 9.59 Å². The number of carbonyl (C=O) groups is 2. The van der Waals surface area contributed by atoms with Crippen LogP contribution in [-0.2, 0) is 11.3 Å². The molecule has 6 heteroatoms. The van der Waals surface area contributed by atoms with Crippen molar-refractivity contribution in [1.29, 1.82) is 0 Å². The molecule has 0 bridgehead atoms. The summed E-state index contributed by atoms with van der Waals surface area (Å²) in [5, 5.41) is 2.90. The molecule has 0 aromatic carbocycles. The zero-order valence-corrected chi connectivity index (χ0v) is 11.6. The predicted octanol–water partition coefficient (Wildman–Crippen LogP) is 0.281. The molecule has 0 atom stereocenters. The lowest BCUT2D eigenvalue weighted by molar-refractivity contribution is -0.119. The smallest absolute Gasteiger partial charge is 0.253 e. The van der Waals surface area contributed by atoms with E-state index >= 15 is 0 Å². The van der Waals surface area contributed by atoms with E-state index in [4.69, 9.17) is 5.73 Å². The average Bonchev–Trinajstić information content (AvgIpc) is 2.47. The summed E-state index contributed by atoms with van der Waals surface area (Å²) in [6.07, 6.45) is 3.19. The normalized spacial score (nSPS) is 16.0. The fourth-order valence-corrected chi connectivity index (χ4v) is 2.42. The standard InChI is InChI=1S/C14H20N4O2/c1-10(19)17-12-3-6-18(7-4-12)14(20)11-2-5-16-13(8-11)9-15/h2,5,8,12H,3-4,6-7,9,15H2,1H3,(H,17,19). The summed E-state index contributed by atoms with van der Waals surface area (Å²) in [6, 6.07) is 3.62. The van der Waals surface area contributed by atoms with Gasteiger partial charge in [-0.3, -0.25) is 14.6 Å². The van der Waals surface area contributed by atoms with Gasteiger partial charge in [0.2, 0.25) is 5.91 Å². The van der Waals surface area contributed by atoms with Crippen molar-refractivity contribution in [3.8, 4) is 0 Å². The van der Waals surface area contributed by atoms with Gasteiger partial charge in [-0.2, -0.15) is 0 Å². The van der Waals surface area contributed by atoms with Gasteiger partial charge in [0, 0.05) is 44.4 Å². The molecule has 20 heavy (non-hydrogen) atoms. The van der Waals surface area contributed by atoms with Crippen molar-refractivity contribution in [3.05, 3.63) is 29.6 Å². The maximum atomic E-state index is 12.4. The van der Waals surface area contributed by atoms with Crippen LogP contribution in [0.3, 0.4) is 0 Å². The summed E-state index contributed by atoms with van der Waals surface area (Å²) < 4.78 is 0. The van der Waals surface area contributed by atoms with Gasteiger partial charge in [0.1, 0.15) is 0 Å². The third-order valence-corrected chi connectivity index (χ3v) is 3.46. The van der Waals surface area contributed by atoms with E-state index in [-0.39, 0.29) is 17.9 Å². The first kappa shape index (κ1) is 14.5. The fourth-order valence-electron chi connectivity index (χ4n) is 2.42. The third kappa shape index (κ3) is 3.54. The highest BCUT2D eigenvalue weighted by Crippen LogP contribution is 2.14. The third-order valence-electron chi connectivity index (χ3n) is 3.46. The number of nitrogens with zero attached hydrogens (tertiary/aromatic N) is 2. The molecule has 2 amide bonds. The first-order valence-corrected chi connectivity index (χ1v) is 6.81. The Morgan fingerprint density at radius 3 is 2.75 bits per heavy atom. The molecule has 0 saturated carbocycles. The molecule has 1 saturated heterocycles. The van der Waals surface area contributed by atoms with Gasteiger partial charge in [-0.05, 0) is 25.0 Å². The molecular weight excluding hydrogens is 256 g/mol. The number of nitrogens with two attached hydrogens (primary N) is 1. The second-order valence-electron chi connectivity index (χ2n) is 5.01. The summed E-state index contributed by atoms with van der Waals surface area (Å²) >= 11 is 0. The lowest BCUT2D eigenvalue weighted by Crippen LogP contribution is -2.46. The number of aromatic nitrogens is 1. The van der Waals surface area contributed by atoms with Crippen LogP contribution in [0.2, 0.25) is 0 Å². The summed E-state index contributed by atoms with van der Waals surface area (Å²) in [5.74, 6) is -0.0140. The molecule has 1 aromatic rings. The van der Waals surface area contributed by atoms with E-state index in [1.807, 2.05) is 4.90 Å². The Bertz CT molecular complexity index is 496. The highest BCUT2D eigenvalue weighted by molar-refractivity contribution is 5.94. The van der Waals surface area contributed by atoms with Crippen molar-refractivity contribution in [1.82, 2.24) is 15.2 Å². The van der Waals surface area contributed by atoms with Gasteiger partial charge in [-0.1, -0.05) is 0 Å². The molecule has 1 aliphatic rings. The first-order chi connectivity index (χ1) is 9.60. The van der Waals surface area contributed by atoms with Gasteiger partial charge >= 0.3 is 0 Å². The highest BCUT2D eigenvalue weighted by Gasteiger charge is 2.24. The summed E-state index contributed by atoms with van der Waals surface area (Å²) in [7, 11) is 0. The van der Waals surface area contributed by atoms with Gasteiger partial charge in [0.15, 0.2) is 0 Å².